The summed E-state index contributed by atoms with van der Waals surface area (Å²) in [6.07, 6.45) is 0.556. The molecule has 0 aliphatic rings. The topological polar surface area (TPSA) is 126 Å². The Bertz CT molecular complexity index is 976. The largest absolute Gasteiger partial charge is 0.465 e. The van der Waals surface area contributed by atoms with Gasteiger partial charge in [0.15, 0.2) is 6.61 Å². The van der Waals surface area contributed by atoms with Gasteiger partial charge in [0.05, 0.1) is 31.0 Å². The smallest absolute Gasteiger partial charge is 0.337 e. The number of benzene rings is 1. The van der Waals surface area contributed by atoms with E-state index >= 15 is 0 Å². The van der Waals surface area contributed by atoms with Crippen LogP contribution in [-0.4, -0.2) is 54.4 Å². The van der Waals surface area contributed by atoms with E-state index in [0.29, 0.717) is 6.42 Å². The number of hydrogen-bond donors (Lipinski definition) is 1. The molecule has 0 saturated heterocycles. The highest BCUT2D eigenvalue weighted by Crippen LogP contribution is 2.17. The molecule has 1 N–H and O–H groups in total. The average molecular weight is 431 g/mol. The molecular weight excluding hydrogens is 406 g/mol. The first-order valence-corrected chi connectivity index (χ1v) is 9.42. The van der Waals surface area contributed by atoms with Gasteiger partial charge in [-0.1, -0.05) is 0 Å². The summed E-state index contributed by atoms with van der Waals surface area (Å²) in [7, 11) is 4.22. The molecule has 10 nitrogen and oxygen atoms in total. The van der Waals surface area contributed by atoms with Gasteiger partial charge in [-0.25, -0.2) is 9.59 Å². The molecule has 0 radical (unpaired) electrons. The average Bonchev–Trinajstić information content (AvgIpc) is 3.00. The second-order valence-electron chi connectivity index (χ2n) is 6.76. The minimum absolute atomic E-state index is 0.0555. The van der Waals surface area contributed by atoms with E-state index in [0.717, 1.165) is 17.0 Å². The van der Waals surface area contributed by atoms with E-state index in [1.54, 1.807) is 4.68 Å². The lowest BCUT2D eigenvalue weighted by Gasteiger charge is -2.10. The van der Waals surface area contributed by atoms with Gasteiger partial charge in [0, 0.05) is 24.8 Å². The highest BCUT2D eigenvalue weighted by molar-refractivity contribution is 6.00. The van der Waals surface area contributed by atoms with Gasteiger partial charge in [-0.2, -0.15) is 5.10 Å². The van der Waals surface area contributed by atoms with Crippen LogP contribution >= 0.6 is 0 Å². The molecule has 0 aliphatic carbocycles. The summed E-state index contributed by atoms with van der Waals surface area (Å²) in [6.45, 7) is 3.27. The lowest BCUT2D eigenvalue weighted by atomic mass is 10.1. The number of nitrogens with zero attached hydrogens (tertiary/aromatic N) is 2. The van der Waals surface area contributed by atoms with Gasteiger partial charge in [-0.3, -0.25) is 14.3 Å². The van der Waals surface area contributed by atoms with E-state index in [-0.39, 0.29) is 23.2 Å². The van der Waals surface area contributed by atoms with E-state index < -0.39 is 30.4 Å². The predicted octanol–water partition coefficient (Wildman–Crippen LogP) is 1.72. The molecule has 0 unspecified atom stereocenters. The number of nitrogens with one attached hydrogen (secondary N) is 1. The number of methoxy groups -OCH3 is 2. The van der Waals surface area contributed by atoms with Gasteiger partial charge in [-0.15, -0.1) is 0 Å². The number of anilines is 1. The molecular formula is C21H25N3O7. The van der Waals surface area contributed by atoms with E-state index in [4.69, 9.17) is 4.74 Å². The van der Waals surface area contributed by atoms with E-state index in [2.05, 4.69) is 19.9 Å². The summed E-state index contributed by atoms with van der Waals surface area (Å²) in [6, 6.07) is 3.97. The molecule has 2 aromatic rings. The van der Waals surface area contributed by atoms with Crippen LogP contribution in [0.1, 0.15) is 44.1 Å². The molecule has 1 heterocycles. The van der Waals surface area contributed by atoms with Crippen LogP contribution in [-0.2, 0) is 37.3 Å². The number of esters is 3. The number of carbonyl (C=O) groups excluding carboxylic acids is 4. The standard InChI is InChI=1S/C21H25N3O7/c1-12-17(13(2)24(3)23-12)6-7-19(26)31-11-18(25)22-16-9-14(20(27)29-4)8-15(10-16)21(28)30-5/h8-10H,6-7,11H2,1-5H3,(H,22,25). The van der Waals surface area contributed by atoms with Crippen molar-refractivity contribution in [3.05, 3.63) is 46.3 Å². The van der Waals surface area contributed by atoms with Crippen molar-refractivity contribution in [1.82, 2.24) is 9.78 Å². The van der Waals surface area contributed by atoms with Gasteiger partial charge in [0.2, 0.25) is 0 Å². The number of ether oxygens (including phenoxy) is 3. The van der Waals surface area contributed by atoms with Crippen molar-refractivity contribution in [3.63, 3.8) is 0 Å². The number of rotatable bonds is 8. The first-order chi connectivity index (χ1) is 14.7. The lowest BCUT2D eigenvalue weighted by Crippen LogP contribution is -2.21. The summed E-state index contributed by atoms with van der Waals surface area (Å²) >= 11 is 0. The Morgan fingerprint density at radius 3 is 2.06 bits per heavy atom. The molecule has 0 aliphatic heterocycles. The number of hydrogen-bond acceptors (Lipinski definition) is 8. The SMILES string of the molecule is COC(=O)c1cc(NC(=O)COC(=O)CCc2c(C)nn(C)c2C)cc(C(=O)OC)c1. The van der Waals surface area contributed by atoms with Gasteiger partial charge >= 0.3 is 17.9 Å². The quantitative estimate of drug-likeness (QED) is 0.495. The summed E-state index contributed by atoms with van der Waals surface area (Å²) in [5.41, 5.74) is 3.05. The van der Waals surface area contributed by atoms with Gasteiger partial charge in [0.1, 0.15) is 0 Å². The molecule has 31 heavy (non-hydrogen) atoms. The van der Waals surface area contributed by atoms with Crippen molar-refractivity contribution in [3.8, 4) is 0 Å². The Hall–Kier alpha value is -3.69. The first kappa shape index (κ1) is 23.6. The van der Waals surface area contributed by atoms with Gasteiger partial charge in [0.25, 0.3) is 5.91 Å². The minimum Gasteiger partial charge on any atom is -0.465 e. The van der Waals surface area contributed by atoms with Crippen LogP contribution < -0.4 is 5.32 Å². The van der Waals surface area contributed by atoms with Gasteiger partial charge < -0.3 is 19.5 Å². The van der Waals surface area contributed by atoms with Crippen molar-refractivity contribution < 1.29 is 33.4 Å². The summed E-state index contributed by atoms with van der Waals surface area (Å²) in [5, 5.41) is 6.78. The Morgan fingerprint density at radius 2 is 1.58 bits per heavy atom. The van der Waals surface area contributed by atoms with Crippen LogP contribution in [0.4, 0.5) is 5.69 Å². The van der Waals surface area contributed by atoms with Crippen LogP contribution in [0.5, 0.6) is 0 Å². The zero-order valence-electron chi connectivity index (χ0n) is 18.1. The van der Waals surface area contributed by atoms with Crippen LogP contribution in [0.2, 0.25) is 0 Å². The third-order valence-corrected chi connectivity index (χ3v) is 4.66. The van der Waals surface area contributed by atoms with Crippen LogP contribution in [0.3, 0.4) is 0 Å². The van der Waals surface area contributed by atoms with E-state index in [9.17, 15) is 19.2 Å². The molecule has 166 valence electrons. The Labute approximate surface area is 179 Å². The molecule has 0 saturated carbocycles. The minimum atomic E-state index is -0.686. The maximum absolute atomic E-state index is 12.2. The molecule has 1 aromatic heterocycles. The van der Waals surface area contributed by atoms with Crippen molar-refractivity contribution in [2.45, 2.75) is 26.7 Å². The lowest BCUT2D eigenvalue weighted by molar-refractivity contribution is -0.147. The predicted molar refractivity (Wildman–Crippen MR) is 110 cm³/mol. The molecule has 10 heteroatoms. The normalized spacial score (nSPS) is 10.4. The number of amides is 1. The summed E-state index contributed by atoms with van der Waals surface area (Å²) < 4.78 is 16.1. The zero-order chi connectivity index (χ0) is 23.1. The van der Waals surface area contributed by atoms with E-state index in [1.165, 1.54) is 32.4 Å². The van der Waals surface area contributed by atoms with E-state index in [1.807, 2.05) is 20.9 Å². The van der Waals surface area contributed by atoms with Crippen molar-refractivity contribution in [2.75, 3.05) is 26.1 Å². The molecule has 0 bridgehead atoms. The second-order valence-corrected chi connectivity index (χ2v) is 6.76. The summed E-state index contributed by atoms with van der Waals surface area (Å²) in [4.78, 5) is 47.8. The molecule has 0 spiro atoms. The fraction of sp³-hybridized carbons (Fsp3) is 0.381. The van der Waals surface area contributed by atoms with Crippen LogP contribution in [0.25, 0.3) is 0 Å². The van der Waals surface area contributed by atoms with Gasteiger partial charge in [-0.05, 0) is 44.0 Å². The van der Waals surface area contributed by atoms with Crippen molar-refractivity contribution in [1.29, 1.82) is 0 Å². The zero-order valence-corrected chi connectivity index (χ0v) is 18.1. The molecule has 2 rings (SSSR count). The molecule has 0 atom stereocenters. The molecule has 0 fully saturated rings. The Kier molecular flexibility index (Phi) is 7.89. The summed E-state index contributed by atoms with van der Waals surface area (Å²) in [5.74, 6) is -2.53. The fourth-order valence-corrected chi connectivity index (χ4v) is 2.99. The maximum atomic E-state index is 12.2. The maximum Gasteiger partial charge on any atom is 0.337 e. The number of aromatic nitrogens is 2. The Morgan fingerprint density at radius 1 is 1.00 bits per heavy atom. The Balaban J connectivity index is 1.96. The number of aryl methyl sites for hydroxylation is 2. The highest BCUT2D eigenvalue weighted by Gasteiger charge is 2.16. The van der Waals surface area contributed by atoms with Crippen molar-refractivity contribution >= 4 is 29.5 Å². The molecule has 1 amide bonds. The number of carbonyl (C=O) groups is 4. The molecule has 1 aromatic carbocycles. The van der Waals surface area contributed by atoms with Crippen LogP contribution in [0.15, 0.2) is 18.2 Å². The third-order valence-electron chi connectivity index (χ3n) is 4.66. The monoisotopic (exact) mass is 431 g/mol. The second kappa shape index (κ2) is 10.4. The first-order valence-electron chi connectivity index (χ1n) is 9.42. The highest BCUT2D eigenvalue weighted by atomic mass is 16.5. The van der Waals surface area contributed by atoms with Crippen molar-refractivity contribution in [2.24, 2.45) is 7.05 Å². The third kappa shape index (κ3) is 6.14. The fourth-order valence-electron chi connectivity index (χ4n) is 2.99. The van der Waals surface area contributed by atoms with Crippen LogP contribution in [0, 0.1) is 13.8 Å².